The second-order valence-electron chi connectivity index (χ2n) is 3.79. The predicted molar refractivity (Wildman–Crippen MR) is 67.9 cm³/mol. The fraction of sp³-hybridized carbons (Fsp3) is 0.333. The molecule has 0 unspecified atom stereocenters. The van der Waals surface area contributed by atoms with Crippen LogP contribution in [0.5, 0.6) is 11.5 Å². The normalized spacial score (nSPS) is 10.4. The topological polar surface area (TPSA) is 49.2 Å². The minimum atomic E-state index is 0.343. The van der Waals surface area contributed by atoms with Gasteiger partial charge in [0.2, 0.25) is 0 Å². The molecule has 0 saturated carbocycles. The third kappa shape index (κ3) is 2.92. The van der Waals surface area contributed by atoms with Crippen LogP contribution < -0.4 is 9.47 Å². The molecule has 0 aliphatic rings. The van der Waals surface area contributed by atoms with Crippen LogP contribution in [0.2, 0.25) is 0 Å². The van der Waals surface area contributed by atoms with Crippen LogP contribution in [0, 0.1) is 0 Å². The lowest BCUT2D eigenvalue weighted by Crippen LogP contribution is -1.98. The Morgan fingerprint density at radius 2 is 2.17 bits per heavy atom. The molecule has 0 spiro atoms. The Bertz CT molecular complexity index is 528. The summed E-state index contributed by atoms with van der Waals surface area (Å²) in [6, 6.07) is 5.60. The molecule has 1 aromatic carbocycles. The van der Waals surface area contributed by atoms with Crippen LogP contribution in [0.15, 0.2) is 24.4 Å². The Kier molecular flexibility index (Phi) is 4.04. The lowest BCUT2D eigenvalue weighted by Gasteiger charge is -2.10. The van der Waals surface area contributed by atoms with Crippen molar-refractivity contribution in [3.63, 3.8) is 0 Å². The number of ether oxygens (including phenoxy) is 2. The van der Waals surface area contributed by atoms with E-state index >= 15 is 0 Å². The molecule has 0 bridgehead atoms. The van der Waals surface area contributed by atoms with Gasteiger partial charge in [-0.2, -0.15) is 0 Å². The van der Waals surface area contributed by atoms with Crippen LogP contribution in [-0.4, -0.2) is 22.1 Å². The molecule has 0 saturated heterocycles. The Labute approximate surface area is 110 Å². The van der Waals surface area contributed by atoms with Crippen molar-refractivity contribution in [1.29, 1.82) is 0 Å². The van der Waals surface area contributed by atoms with E-state index in [9.17, 15) is 0 Å². The summed E-state index contributed by atoms with van der Waals surface area (Å²) in [5.74, 6) is 1.76. The van der Waals surface area contributed by atoms with E-state index in [0.717, 1.165) is 11.3 Å². The highest BCUT2D eigenvalue weighted by atomic mass is 35.5. The average Bonchev–Trinajstić information content (AvgIpc) is 2.81. The van der Waals surface area contributed by atoms with Gasteiger partial charge in [0.1, 0.15) is 12.3 Å². The van der Waals surface area contributed by atoms with Gasteiger partial charge in [0.05, 0.1) is 13.3 Å². The van der Waals surface area contributed by atoms with E-state index in [0.29, 0.717) is 24.0 Å². The van der Waals surface area contributed by atoms with Gasteiger partial charge < -0.3 is 9.47 Å². The monoisotopic (exact) mass is 267 g/mol. The molecular formula is C12H14ClN3O2. The highest BCUT2D eigenvalue weighted by Crippen LogP contribution is 2.29. The first-order valence-electron chi connectivity index (χ1n) is 5.44. The Balaban J connectivity index is 2.11. The third-order valence-electron chi connectivity index (χ3n) is 2.41. The van der Waals surface area contributed by atoms with Crippen molar-refractivity contribution >= 4 is 11.6 Å². The highest BCUT2D eigenvalue weighted by molar-refractivity contribution is 6.17. The molecule has 6 heteroatoms. The van der Waals surface area contributed by atoms with Crippen molar-refractivity contribution in [3.8, 4) is 11.5 Å². The summed E-state index contributed by atoms with van der Waals surface area (Å²) in [5, 5.41) is 7.79. The summed E-state index contributed by atoms with van der Waals surface area (Å²) in [5.41, 5.74) is 1.74. The van der Waals surface area contributed by atoms with E-state index in [1.165, 1.54) is 0 Å². The second-order valence-corrected chi connectivity index (χ2v) is 4.06. The number of methoxy groups -OCH3 is 1. The molecule has 2 aromatic rings. The van der Waals surface area contributed by atoms with Gasteiger partial charge in [-0.15, -0.1) is 16.7 Å². The average molecular weight is 268 g/mol. The molecule has 0 fully saturated rings. The largest absolute Gasteiger partial charge is 0.493 e. The lowest BCUT2D eigenvalue weighted by atomic mass is 10.2. The van der Waals surface area contributed by atoms with E-state index in [1.807, 2.05) is 25.2 Å². The van der Waals surface area contributed by atoms with Crippen LogP contribution in [0.1, 0.15) is 11.3 Å². The Hall–Kier alpha value is -1.75. The highest BCUT2D eigenvalue weighted by Gasteiger charge is 2.07. The van der Waals surface area contributed by atoms with Gasteiger partial charge in [-0.3, -0.25) is 4.68 Å². The molecule has 96 valence electrons. The zero-order valence-corrected chi connectivity index (χ0v) is 11.0. The minimum absolute atomic E-state index is 0.343. The zero-order valence-electron chi connectivity index (χ0n) is 10.3. The molecule has 0 amide bonds. The molecule has 0 radical (unpaired) electrons. The van der Waals surface area contributed by atoms with Crippen molar-refractivity contribution in [3.05, 3.63) is 35.7 Å². The molecule has 5 nitrogen and oxygen atoms in total. The minimum Gasteiger partial charge on any atom is -0.493 e. The maximum Gasteiger partial charge on any atom is 0.162 e. The fourth-order valence-electron chi connectivity index (χ4n) is 1.53. The van der Waals surface area contributed by atoms with Crippen LogP contribution in [0.4, 0.5) is 0 Å². The van der Waals surface area contributed by atoms with Crippen molar-refractivity contribution in [2.75, 3.05) is 7.11 Å². The number of aryl methyl sites for hydroxylation is 1. The van der Waals surface area contributed by atoms with Gasteiger partial charge in [0, 0.05) is 12.9 Å². The first-order chi connectivity index (χ1) is 8.72. The number of alkyl halides is 1. The predicted octanol–water partition coefficient (Wildman–Crippen LogP) is 2.14. The molecule has 2 rings (SSSR count). The zero-order chi connectivity index (χ0) is 13.0. The van der Waals surface area contributed by atoms with Gasteiger partial charge in [-0.25, -0.2) is 0 Å². The van der Waals surface area contributed by atoms with E-state index < -0.39 is 0 Å². The first-order valence-corrected chi connectivity index (χ1v) is 5.97. The van der Waals surface area contributed by atoms with Gasteiger partial charge >= 0.3 is 0 Å². The lowest BCUT2D eigenvalue weighted by molar-refractivity contribution is 0.280. The SMILES string of the molecule is COc1ccc(CCl)cc1OCc1cn(C)nn1. The number of hydrogen-bond acceptors (Lipinski definition) is 4. The molecule has 0 N–H and O–H groups in total. The van der Waals surface area contributed by atoms with Gasteiger partial charge in [0.15, 0.2) is 11.5 Å². The summed E-state index contributed by atoms with van der Waals surface area (Å²) in [6.45, 7) is 0.343. The Morgan fingerprint density at radius 3 is 2.78 bits per heavy atom. The van der Waals surface area contributed by atoms with Gasteiger partial charge in [-0.05, 0) is 17.7 Å². The number of benzene rings is 1. The van der Waals surface area contributed by atoms with Crippen molar-refractivity contribution in [1.82, 2.24) is 15.0 Å². The van der Waals surface area contributed by atoms with Crippen LogP contribution >= 0.6 is 11.6 Å². The maximum absolute atomic E-state index is 5.79. The summed E-state index contributed by atoms with van der Waals surface area (Å²) in [4.78, 5) is 0. The molecule has 0 atom stereocenters. The number of nitrogens with zero attached hydrogens (tertiary/aromatic N) is 3. The number of rotatable bonds is 5. The van der Waals surface area contributed by atoms with E-state index in [4.69, 9.17) is 21.1 Å². The molecular weight excluding hydrogens is 254 g/mol. The summed E-state index contributed by atoms with van der Waals surface area (Å²) < 4.78 is 12.5. The molecule has 0 aliphatic heterocycles. The molecule has 1 aromatic heterocycles. The number of hydrogen-bond donors (Lipinski definition) is 0. The van der Waals surface area contributed by atoms with E-state index in [-0.39, 0.29) is 0 Å². The van der Waals surface area contributed by atoms with Gasteiger partial charge in [-0.1, -0.05) is 11.3 Å². The van der Waals surface area contributed by atoms with E-state index in [1.54, 1.807) is 18.0 Å². The van der Waals surface area contributed by atoms with Gasteiger partial charge in [0.25, 0.3) is 0 Å². The standard InChI is InChI=1S/C12H14ClN3O2/c1-16-7-10(14-15-16)8-18-12-5-9(6-13)3-4-11(12)17-2/h3-5,7H,6,8H2,1-2H3. The smallest absolute Gasteiger partial charge is 0.162 e. The van der Waals surface area contributed by atoms with Crippen LogP contribution in [0.3, 0.4) is 0 Å². The van der Waals surface area contributed by atoms with Crippen LogP contribution in [0.25, 0.3) is 0 Å². The summed E-state index contributed by atoms with van der Waals surface area (Å²) in [6.07, 6.45) is 1.80. The molecule has 18 heavy (non-hydrogen) atoms. The quantitative estimate of drug-likeness (QED) is 0.779. The fourth-order valence-corrected chi connectivity index (χ4v) is 1.70. The number of halogens is 1. The third-order valence-corrected chi connectivity index (χ3v) is 2.72. The molecule has 0 aliphatic carbocycles. The summed E-state index contributed by atoms with van der Waals surface area (Å²) >= 11 is 5.79. The van der Waals surface area contributed by atoms with Crippen molar-refractivity contribution < 1.29 is 9.47 Å². The second kappa shape index (κ2) is 5.73. The van der Waals surface area contributed by atoms with Crippen molar-refractivity contribution in [2.45, 2.75) is 12.5 Å². The Morgan fingerprint density at radius 1 is 1.33 bits per heavy atom. The molecule has 1 heterocycles. The first kappa shape index (κ1) is 12.7. The number of aromatic nitrogens is 3. The van der Waals surface area contributed by atoms with Crippen molar-refractivity contribution in [2.24, 2.45) is 7.05 Å². The van der Waals surface area contributed by atoms with E-state index in [2.05, 4.69) is 10.3 Å². The maximum atomic E-state index is 5.79. The summed E-state index contributed by atoms with van der Waals surface area (Å²) in [7, 11) is 3.41. The van der Waals surface area contributed by atoms with Crippen LogP contribution in [-0.2, 0) is 19.5 Å².